The molecule has 0 aromatic heterocycles. The standard InChI is InChI=1S/C14H15NO6S2/c1-20-11-7-3-5-9-13(11)22(16,17)15-23(18,19)14-10-6-4-8-12(14)21-2/h3-10,15H,1-2H3. The van der Waals surface area contributed by atoms with Crippen LogP contribution in [-0.2, 0) is 20.0 Å². The van der Waals surface area contributed by atoms with Gasteiger partial charge in [0.1, 0.15) is 21.3 Å². The zero-order chi connectivity index (χ0) is 17.1. The number of ether oxygens (including phenoxy) is 2. The minimum atomic E-state index is -4.35. The maximum atomic E-state index is 12.4. The average Bonchev–Trinajstić information content (AvgIpc) is 2.53. The summed E-state index contributed by atoms with van der Waals surface area (Å²) < 4.78 is 61.2. The van der Waals surface area contributed by atoms with E-state index in [9.17, 15) is 16.8 Å². The summed E-state index contributed by atoms with van der Waals surface area (Å²) in [6, 6.07) is 11.4. The molecule has 0 radical (unpaired) electrons. The Bertz CT molecular complexity index is 831. The highest BCUT2D eigenvalue weighted by molar-refractivity contribution is 8.04. The summed E-state index contributed by atoms with van der Waals surface area (Å²) >= 11 is 0. The van der Waals surface area contributed by atoms with Crippen molar-refractivity contribution in [1.29, 1.82) is 0 Å². The van der Waals surface area contributed by atoms with Crippen LogP contribution < -0.4 is 13.6 Å². The minimum Gasteiger partial charge on any atom is -0.495 e. The summed E-state index contributed by atoms with van der Waals surface area (Å²) in [7, 11) is -6.12. The number of sulfonamides is 2. The van der Waals surface area contributed by atoms with Crippen molar-refractivity contribution in [2.24, 2.45) is 0 Å². The molecule has 2 rings (SSSR count). The van der Waals surface area contributed by atoms with Gasteiger partial charge in [0.2, 0.25) is 0 Å². The van der Waals surface area contributed by atoms with Crippen molar-refractivity contribution >= 4 is 20.0 Å². The number of para-hydroxylation sites is 2. The Kier molecular flexibility index (Phi) is 4.93. The summed E-state index contributed by atoms with van der Waals surface area (Å²) in [4.78, 5) is -0.554. The van der Waals surface area contributed by atoms with Crippen molar-refractivity contribution in [2.45, 2.75) is 9.79 Å². The number of methoxy groups -OCH3 is 2. The molecule has 0 bridgehead atoms. The monoisotopic (exact) mass is 357 g/mol. The average molecular weight is 357 g/mol. The fraction of sp³-hybridized carbons (Fsp3) is 0.143. The summed E-state index contributed by atoms with van der Waals surface area (Å²) in [5.41, 5.74) is 0. The Labute approximate surface area is 135 Å². The number of benzene rings is 2. The van der Waals surface area contributed by atoms with E-state index in [1.807, 2.05) is 0 Å². The molecule has 0 amide bonds. The highest BCUT2D eigenvalue weighted by Gasteiger charge is 2.28. The van der Waals surface area contributed by atoms with E-state index in [-0.39, 0.29) is 21.3 Å². The predicted molar refractivity (Wildman–Crippen MR) is 83.5 cm³/mol. The third-order valence-electron chi connectivity index (χ3n) is 2.94. The van der Waals surface area contributed by atoms with E-state index in [4.69, 9.17) is 9.47 Å². The first-order chi connectivity index (χ1) is 10.8. The summed E-state index contributed by atoms with van der Waals surface area (Å²) in [6.45, 7) is 0. The van der Waals surface area contributed by atoms with Crippen molar-refractivity contribution in [3.8, 4) is 11.5 Å². The van der Waals surface area contributed by atoms with Crippen LogP contribution in [0.3, 0.4) is 0 Å². The van der Waals surface area contributed by atoms with E-state index < -0.39 is 20.0 Å². The Morgan fingerprint density at radius 2 is 1.04 bits per heavy atom. The third kappa shape index (κ3) is 3.63. The highest BCUT2D eigenvalue weighted by atomic mass is 32.3. The van der Waals surface area contributed by atoms with Gasteiger partial charge in [-0.1, -0.05) is 24.3 Å². The van der Waals surface area contributed by atoms with E-state index in [0.717, 1.165) is 0 Å². The lowest BCUT2D eigenvalue weighted by atomic mass is 10.3. The van der Waals surface area contributed by atoms with E-state index in [1.165, 1.54) is 50.6 Å². The van der Waals surface area contributed by atoms with Crippen molar-refractivity contribution < 1.29 is 26.3 Å². The molecule has 2 aromatic rings. The van der Waals surface area contributed by atoms with E-state index in [0.29, 0.717) is 0 Å². The van der Waals surface area contributed by atoms with Crippen LogP contribution in [0.25, 0.3) is 0 Å². The fourth-order valence-electron chi connectivity index (χ4n) is 1.92. The maximum absolute atomic E-state index is 12.4. The van der Waals surface area contributed by atoms with E-state index in [1.54, 1.807) is 16.3 Å². The van der Waals surface area contributed by atoms with Crippen molar-refractivity contribution in [2.75, 3.05) is 14.2 Å². The van der Waals surface area contributed by atoms with Crippen LogP contribution in [0.4, 0.5) is 0 Å². The molecule has 0 aliphatic rings. The lowest BCUT2D eigenvalue weighted by Gasteiger charge is -2.12. The zero-order valence-electron chi connectivity index (χ0n) is 12.4. The Hall–Kier alpha value is -2.10. The third-order valence-corrected chi connectivity index (χ3v) is 6.52. The second kappa shape index (κ2) is 6.57. The molecule has 0 aliphatic heterocycles. The Balaban J connectivity index is 2.48. The van der Waals surface area contributed by atoms with Gasteiger partial charge in [0.25, 0.3) is 20.0 Å². The fourth-order valence-corrected chi connectivity index (χ4v) is 5.14. The first kappa shape index (κ1) is 17.3. The molecule has 0 unspecified atom stereocenters. The lowest BCUT2D eigenvalue weighted by Crippen LogP contribution is -2.31. The zero-order valence-corrected chi connectivity index (χ0v) is 14.0. The van der Waals surface area contributed by atoms with Crippen LogP contribution in [0.15, 0.2) is 58.3 Å². The summed E-state index contributed by atoms with van der Waals surface area (Å²) in [5, 5.41) is 0. The van der Waals surface area contributed by atoms with Crippen LogP contribution in [0.2, 0.25) is 0 Å². The molecule has 23 heavy (non-hydrogen) atoms. The van der Waals surface area contributed by atoms with Gasteiger partial charge in [0.05, 0.1) is 14.2 Å². The molecule has 9 heteroatoms. The maximum Gasteiger partial charge on any atom is 0.257 e. The Morgan fingerprint density at radius 1 is 0.696 bits per heavy atom. The molecule has 0 fully saturated rings. The van der Waals surface area contributed by atoms with Gasteiger partial charge < -0.3 is 9.47 Å². The molecule has 0 saturated carbocycles. The second-order valence-corrected chi connectivity index (χ2v) is 7.95. The van der Waals surface area contributed by atoms with Gasteiger partial charge in [-0.05, 0) is 24.3 Å². The largest absolute Gasteiger partial charge is 0.495 e. The van der Waals surface area contributed by atoms with Gasteiger partial charge in [-0.15, -0.1) is 4.13 Å². The molecule has 1 N–H and O–H groups in total. The van der Waals surface area contributed by atoms with Crippen LogP contribution in [0, 0.1) is 0 Å². The van der Waals surface area contributed by atoms with Crippen LogP contribution in [-0.4, -0.2) is 31.1 Å². The van der Waals surface area contributed by atoms with Crippen molar-refractivity contribution in [3.05, 3.63) is 48.5 Å². The van der Waals surface area contributed by atoms with Gasteiger partial charge in [0.15, 0.2) is 0 Å². The van der Waals surface area contributed by atoms with Crippen molar-refractivity contribution in [3.63, 3.8) is 0 Å². The molecule has 2 aromatic carbocycles. The van der Waals surface area contributed by atoms with Gasteiger partial charge in [-0.2, -0.15) is 0 Å². The van der Waals surface area contributed by atoms with Crippen LogP contribution in [0.1, 0.15) is 0 Å². The molecular weight excluding hydrogens is 342 g/mol. The molecule has 0 heterocycles. The molecule has 124 valence electrons. The topological polar surface area (TPSA) is 98.8 Å². The first-order valence-electron chi connectivity index (χ1n) is 6.36. The SMILES string of the molecule is COc1ccccc1S(=O)(=O)NS(=O)(=O)c1ccccc1OC. The summed E-state index contributed by atoms with van der Waals surface area (Å²) in [6.07, 6.45) is 0. The predicted octanol–water partition coefficient (Wildman–Crippen LogP) is 1.37. The molecule has 0 aliphatic carbocycles. The van der Waals surface area contributed by atoms with Crippen LogP contribution >= 0.6 is 0 Å². The van der Waals surface area contributed by atoms with Gasteiger partial charge in [-0.25, -0.2) is 16.8 Å². The summed E-state index contributed by atoms with van der Waals surface area (Å²) in [5.74, 6) is 0.0745. The second-order valence-electron chi connectivity index (χ2n) is 4.39. The molecule has 7 nitrogen and oxygen atoms in total. The number of nitrogens with one attached hydrogen (secondary N) is 1. The molecule has 0 atom stereocenters. The van der Waals surface area contributed by atoms with E-state index in [2.05, 4.69) is 0 Å². The first-order valence-corrected chi connectivity index (χ1v) is 9.33. The number of hydrogen-bond acceptors (Lipinski definition) is 6. The molecule has 0 saturated heterocycles. The quantitative estimate of drug-likeness (QED) is 0.838. The molecular formula is C14H15NO6S2. The smallest absolute Gasteiger partial charge is 0.257 e. The molecule has 0 spiro atoms. The minimum absolute atomic E-state index is 0.0372. The van der Waals surface area contributed by atoms with E-state index >= 15 is 0 Å². The van der Waals surface area contributed by atoms with Gasteiger partial charge in [-0.3, -0.25) is 0 Å². The van der Waals surface area contributed by atoms with Gasteiger partial charge >= 0.3 is 0 Å². The highest BCUT2D eigenvalue weighted by Crippen LogP contribution is 2.26. The van der Waals surface area contributed by atoms with Gasteiger partial charge in [0, 0.05) is 0 Å². The lowest BCUT2D eigenvalue weighted by molar-refractivity contribution is 0.402. The number of hydrogen-bond donors (Lipinski definition) is 1. The van der Waals surface area contributed by atoms with Crippen LogP contribution in [0.5, 0.6) is 11.5 Å². The Morgan fingerprint density at radius 3 is 1.39 bits per heavy atom. The normalized spacial score (nSPS) is 11.9. The van der Waals surface area contributed by atoms with Crippen molar-refractivity contribution in [1.82, 2.24) is 4.13 Å². The number of rotatable bonds is 6.